The second kappa shape index (κ2) is 10.0. The largest absolute Gasteiger partial charge is 0.353 e. The van der Waals surface area contributed by atoms with E-state index in [0.29, 0.717) is 12.5 Å². The van der Waals surface area contributed by atoms with Crippen molar-refractivity contribution in [3.05, 3.63) is 0 Å². The van der Waals surface area contributed by atoms with Crippen LogP contribution in [0.15, 0.2) is 0 Å². The van der Waals surface area contributed by atoms with Gasteiger partial charge in [-0.25, -0.2) is 0 Å². The molecule has 3 nitrogen and oxygen atoms in total. The van der Waals surface area contributed by atoms with Gasteiger partial charge in [0.2, 0.25) is 5.91 Å². The fourth-order valence-electron chi connectivity index (χ4n) is 2.14. The van der Waals surface area contributed by atoms with Crippen molar-refractivity contribution < 1.29 is 4.79 Å². The molecule has 1 saturated heterocycles. The molecule has 1 unspecified atom stereocenters. The Morgan fingerprint density at radius 1 is 1.47 bits per heavy atom. The van der Waals surface area contributed by atoms with Crippen molar-refractivity contribution in [2.45, 2.75) is 38.6 Å². The zero-order chi connectivity index (χ0) is 11.8. The predicted molar refractivity (Wildman–Crippen MR) is 78.1 cm³/mol. The monoisotopic (exact) mass is 280 g/mol. The van der Waals surface area contributed by atoms with E-state index in [1.165, 1.54) is 12.8 Å². The fourth-order valence-corrected chi connectivity index (χ4v) is 2.73. The maximum Gasteiger partial charge on any atom is 0.220 e. The van der Waals surface area contributed by atoms with Gasteiger partial charge in [0.25, 0.3) is 0 Å². The third kappa shape index (κ3) is 7.90. The number of piperidine rings is 1. The molecule has 17 heavy (non-hydrogen) atoms. The Labute approximate surface area is 115 Å². The first-order valence-corrected chi connectivity index (χ1v) is 7.60. The molecule has 1 rings (SSSR count). The maximum atomic E-state index is 11.6. The highest BCUT2D eigenvalue weighted by Gasteiger charge is 2.15. The van der Waals surface area contributed by atoms with E-state index in [9.17, 15) is 4.79 Å². The second-order valence-electron chi connectivity index (χ2n) is 4.66. The van der Waals surface area contributed by atoms with Crippen LogP contribution in [0.4, 0.5) is 0 Å². The van der Waals surface area contributed by atoms with Crippen LogP contribution in [-0.4, -0.2) is 37.0 Å². The summed E-state index contributed by atoms with van der Waals surface area (Å²) in [6, 6.07) is 0.301. The molecule has 1 aliphatic heterocycles. The van der Waals surface area contributed by atoms with Crippen LogP contribution < -0.4 is 10.6 Å². The summed E-state index contributed by atoms with van der Waals surface area (Å²) in [5.41, 5.74) is 0. The lowest BCUT2D eigenvalue weighted by Crippen LogP contribution is -2.35. The normalized spacial score (nSPS) is 18.2. The Kier molecular flexibility index (Phi) is 10.1. The number of nitrogens with one attached hydrogen (secondary N) is 2. The smallest absolute Gasteiger partial charge is 0.220 e. The number of rotatable bonds is 6. The molecule has 0 aliphatic carbocycles. The van der Waals surface area contributed by atoms with Crippen LogP contribution in [-0.2, 0) is 4.79 Å². The summed E-state index contributed by atoms with van der Waals surface area (Å²) in [7, 11) is 0. The van der Waals surface area contributed by atoms with Crippen LogP contribution in [0.5, 0.6) is 0 Å². The third-order valence-corrected chi connectivity index (χ3v) is 3.90. The van der Waals surface area contributed by atoms with Gasteiger partial charge in [-0.1, -0.05) is 0 Å². The summed E-state index contributed by atoms with van der Waals surface area (Å²) < 4.78 is 0. The van der Waals surface area contributed by atoms with Gasteiger partial charge >= 0.3 is 0 Å². The molecule has 5 heteroatoms. The van der Waals surface area contributed by atoms with E-state index < -0.39 is 0 Å². The summed E-state index contributed by atoms with van der Waals surface area (Å²) in [5.74, 6) is 1.97. The zero-order valence-electron chi connectivity index (χ0n) is 10.8. The fraction of sp³-hybridized carbons (Fsp3) is 0.917. The van der Waals surface area contributed by atoms with Gasteiger partial charge in [0, 0.05) is 18.2 Å². The number of carbonyl (C=O) groups excluding carboxylic acids is 1. The zero-order valence-corrected chi connectivity index (χ0v) is 12.5. The highest BCUT2D eigenvalue weighted by Crippen LogP contribution is 2.17. The standard InChI is InChI=1S/C12H24N2OS.ClH/c1-10(9-16-2)14-12(15)4-3-11-5-7-13-8-6-11;/h10-11,13H,3-9H2,1-2H3,(H,14,15);1H. The molecule has 1 heterocycles. The lowest BCUT2D eigenvalue weighted by atomic mass is 9.93. The van der Waals surface area contributed by atoms with Crippen molar-refractivity contribution in [3.63, 3.8) is 0 Å². The first kappa shape index (κ1) is 17.1. The third-order valence-electron chi connectivity index (χ3n) is 3.06. The van der Waals surface area contributed by atoms with Crippen molar-refractivity contribution in [1.29, 1.82) is 0 Å². The highest BCUT2D eigenvalue weighted by molar-refractivity contribution is 7.98. The Balaban J connectivity index is 0.00000256. The van der Waals surface area contributed by atoms with E-state index in [1.54, 1.807) is 11.8 Å². The molecule has 0 spiro atoms. The predicted octanol–water partition coefficient (Wildman–Crippen LogP) is 2.06. The Morgan fingerprint density at radius 3 is 2.71 bits per heavy atom. The van der Waals surface area contributed by atoms with Crippen LogP contribution in [0.1, 0.15) is 32.6 Å². The first-order chi connectivity index (χ1) is 7.72. The number of thioether (sulfide) groups is 1. The lowest BCUT2D eigenvalue weighted by Gasteiger charge is -2.22. The van der Waals surface area contributed by atoms with E-state index in [1.807, 2.05) is 0 Å². The van der Waals surface area contributed by atoms with Gasteiger partial charge in [-0.05, 0) is 51.4 Å². The molecule has 0 aromatic heterocycles. The molecule has 0 radical (unpaired) electrons. The molecule has 0 bridgehead atoms. The molecule has 1 atom stereocenters. The minimum Gasteiger partial charge on any atom is -0.353 e. The summed E-state index contributed by atoms with van der Waals surface area (Å²) in [5, 5.41) is 6.39. The van der Waals surface area contributed by atoms with Crippen LogP contribution in [0.2, 0.25) is 0 Å². The van der Waals surface area contributed by atoms with Crippen molar-refractivity contribution in [2.75, 3.05) is 25.1 Å². The van der Waals surface area contributed by atoms with Gasteiger partial charge in [-0.2, -0.15) is 11.8 Å². The van der Waals surface area contributed by atoms with Gasteiger partial charge in [-0.3, -0.25) is 4.79 Å². The summed E-state index contributed by atoms with van der Waals surface area (Å²) in [4.78, 5) is 11.6. The van der Waals surface area contributed by atoms with Gasteiger partial charge in [0.1, 0.15) is 0 Å². The second-order valence-corrected chi connectivity index (χ2v) is 5.57. The molecular formula is C12H25ClN2OS. The van der Waals surface area contributed by atoms with Crippen LogP contribution >= 0.6 is 24.2 Å². The van der Waals surface area contributed by atoms with Crippen molar-refractivity contribution in [3.8, 4) is 0 Å². The molecule has 2 N–H and O–H groups in total. The molecule has 1 amide bonds. The average Bonchev–Trinajstić information content (AvgIpc) is 2.28. The van der Waals surface area contributed by atoms with E-state index >= 15 is 0 Å². The van der Waals surface area contributed by atoms with E-state index in [2.05, 4.69) is 23.8 Å². The average molecular weight is 281 g/mol. The van der Waals surface area contributed by atoms with Gasteiger partial charge in [-0.15, -0.1) is 12.4 Å². The Hall–Kier alpha value is 0.0700. The minimum atomic E-state index is 0. The molecule has 0 aromatic carbocycles. The van der Waals surface area contributed by atoms with Gasteiger partial charge in [0.05, 0.1) is 0 Å². The van der Waals surface area contributed by atoms with E-state index in [0.717, 1.165) is 31.2 Å². The van der Waals surface area contributed by atoms with Crippen LogP contribution in [0.3, 0.4) is 0 Å². The highest BCUT2D eigenvalue weighted by atomic mass is 35.5. The Bertz CT molecular complexity index is 211. The van der Waals surface area contributed by atoms with Crippen LogP contribution in [0.25, 0.3) is 0 Å². The number of carbonyl (C=O) groups is 1. The number of hydrogen-bond acceptors (Lipinski definition) is 3. The summed E-state index contributed by atoms with van der Waals surface area (Å²) >= 11 is 1.77. The minimum absolute atomic E-state index is 0. The first-order valence-electron chi connectivity index (χ1n) is 6.21. The van der Waals surface area contributed by atoms with E-state index in [4.69, 9.17) is 0 Å². The molecule has 1 fully saturated rings. The number of amides is 1. The summed E-state index contributed by atoms with van der Waals surface area (Å²) in [6.45, 7) is 4.31. The molecule has 1 aliphatic rings. The van der Waals surface area contributed by atoms with Gasteiger partial charge < -0.3 is 10.6 Å². The lowest BCUT2D eigenvalue weighted by molar-refractivity contribution is -0.121. The molecule has 102 valence electrons. The summed E-state index contributed by atoms with van der Waals surface area (Å²) in [6.07, 6.45) is 6.28. The topological polar surface area (TPSA) is 41.1 Å². The van der Waals surface area contributed by atoms with Crippen molar-refractivity contribution >= 4 is 30.1 Å². The molecular weight excluding hydrogens is 256 g/mol. The van der Waals surface area contributed by atoms with Crippen molar-refractivity contribution in [1.82, 2.24) is 10.6 Å². The maximum absolute atomic E-state index is 11.6. The van der Waals surface area contributed by atoms with Crippen molar-refractivity contribution in [2.24, 2.45) is 5.92 Å². The van der Waals surface area contributed by atoms with Gasteiger partial charge in [0.15, 0.2) is 0 Å². The molecule has 0 aromatic rings. The SMILES string of the molecule is CSCC(C)NC(=O)CCC1CCNCC1.Cl. The number of halogens is 1. The quantitative estimate of drug-likeness (QED) is 0.783. The van der Waals surface area contributed by atoms with E-state index in [-0.39, 0.29) is 18.3 Å². The molecule has 0 saturated carbocycles. The Morgan fingerprint density at radius 2 is 2.12 bits per heavy atom. The van der Waals surface area contributed by atoms with Crippen LogP contribution in [0, 0.1) is 5.92 Å². The number of hydrogen-bond donors (Lipinski definition) is 2.